The number of carbonyl (C=O) groups excluding carboxylic acids is 2. The van der Waals surface area contributed by atoms with E-state index in [1.54, 1.807) is 6.08 Å². The van der Waals surface area contributed by atoms with Gasteiger partial charge in [-0.2, -0.15) is 0 Å². The Labute approximate surface area is 143 Å². The Hall–Kier alpha value is -1.23. The van der Waals surface area contributed by atoms with Crippen LogP contribution in [0.25, 0.3) is 0 Å². The summed E-state index contributed by atoms with van der Waals surface area (Å²) in [5.41, 5.74) is 0. The second kappa shape index (κ2) is 9.72. The number of benzene rings is 1. The molecule has 0 aromatic heterocycles. The lowest BCUT2D eigenvalue weighted by Gasteiger charge is -2.08. The monoisotopic (exact) mass is 364 g/mol. The summed E-state index contributed by atoms with van der Waals surface area (Å²) < 4.78 is 9.99. The van der Waals surface area contributed by atoms with E-state index in [0.29, 0.717) is 18.1 Å². The molecule has 0 fully saturated rings. The van der Waals surface area contributed by atoms with Gasteiger partial charge in [-0.05, 0) is 25.0 Å². The zero-order valence-electron chi connectivity index (χ0n) is 11.7. The summed E-state index contributed by atoms with van der Waals surface area (Å²) >= 11 is 17.5. The van der Waals surface area contributed by atoms with Gasteiger partial charge in [0.1, 0.15) is 0 Å². The minimum absolute atomic E-state index is 0.0251. The van der Waals surface area contributed by atoms with Crippen LogP contribution in [0.3, 0.4) is 0 Å². The molecule has 7 heteroatoms. The van der Waals surface area contributed by atoms with Gasteiger partial charge in [0.15, 0.2) is 5.75 Å². The molecule has 0 saturated heterocycles. The molecule has 0 atom stereocenters. The molecule has 0 saturated carbocycles. The molecule has 0 N–H and O–H groups in total. The van der Waals surface area contributed by atoms with E-state index in [2.05, 4.69) is 6.58 Å². The summed E-state index contributed by atoms with van der Waals surface area (Å²) in [6.45, 7) is 3.87. The van der Waals surface area contributed by atoms with Crippen molar-refractivity contribution < 1.29 is 19.1 Å². The van der Waals surface area contributed by atoms with Crippen LogP contribution in [0.2, 0.25) is 15.1 Å². The minimum atomic E-state index is -0.630. The fourth-order valence-electron chi connectivity index (χ4n) is 1.48. The van der Waals surface area contributed by atoms with Gasteiger partial charge in [0.25, 0.3) is 0 Å². The summed E-state index contributed by atoms with van der Waals surface area (Å²) in [6, 6.07) is 2.82. The Bertz CT molecular complexity index is 535. The van der Waals surface area contributed by atoms with Gasteiger partial charge in [-0.25, -0.2) is 0 Å². The molecule has 0 aliphatic heterocycles. The van der Waals surface area contributed by atoms with Crippen LogP contribution in [0.4, 0.5) is 0 Å². The van der Waals surface area contributed by atoms with Gasteiger partial charge in [0.2, 0.25) is 0 Å². The lowest BCUT2D eigenvalue weighted by molar-refractivity contribution is -0.147. The third kappa shape index (κ3) is 6.69. The molecule has 1 aromatic carbocycles. The van der Waals surface area contributed by atoms with Crippen molar-refractivity contribution in [3.8, 4) is 5.75 Å². The number of unbranched alkanes of at least 4 members (excludes halogenated alkanes) is 1. The van der Waals surface area contributed by atoms with Crippen LogP contribution in [0, 0.1) is 0 Å². The largest absolute Gasteiger partial charge is 0.466 e. The number of ether oxygens (including phenoxy) is 2. The second-order valence-electron chi connectivity index (χ2n) is 4.32. The molecule has 1 aromatic rings. The Morgan fingerprint density at radius 3 is 2.27 bits per heavy atom. The maximum absolute atomic E-state index is 11.7. The standard InChI is InChI=1S/C15H15Cl3O4/c1-2-3-4-7-21-13(19)5-6-14(20)22-15-11(17)8-10(16)9-12(15)18/h2,8-9H,1,3-7H2. The molecule has 22 heavy (non-hydrogen) atoms. The third-order valence-electron chi connectivity index (χ3n) is 2.53. The molecule has 0 amide bonds. The number of hydrogen-bond donors (Lipinski definition) is 0. The normalized spacial score (nSPS) is 10.1. The van der Waals surface area contributed by atoms with E-state index in [1.807, 2.05) is 0 Å². The predicted molar refractivity (Wildman–Crippen MR) is 86.7 cm³/mol. The van der Waals surface area contributed by atoms with Gasteiger partial charge in [0, 0.05) is 5.02 Å². The summed E-state index contributed by atoms with van der Waals surface area (Å²) in [4.78, 5) is 23.1. The first-order valence-electron chi connectivity index (χ1n) is 6.55. The highest BCUT2D eigenvalue weighted by Gasteiger charge is 2.15. The van der Waals surface area contributed by atoms with E-state index in [1.165, 1.54) is 12.1 Å². The van der Waals surface area contributed by atoms with Crippen LogP contribution in [0.5, 0.6) is 5.75 Å². The molecule has 1 rings (SSSR count). The van der Waals surface area contributed by atoms with E-state index in [-0.39, 0.29) is 28.6 Å². The van der Waals surface area contributed by atoms with Crippen LogP contribution < -0.4 is 4.74 Å². The van der Waals surface area contributed by atoms with Crippen LogP contribution in [0.15, 0.2) is 24.8 Å². The van der Waals surface area contributed by atoms with Crippen LogP contribution in [-0.4, -0.2) is 18.5 Å². The van der Waals surface area contributed by atoms with Crippen LogP contribution in [-0.2, 0) is 14.3 Å². The average molecular weight is 366 g/mol. The Kier molecular flexibility index (Phi) is 8.31. The minimum Gasteiger partial charge on any atom is -0.466 e. The van der Waals surface area contributed by atoms with E-state index in [9.17, 15) is 9.59 Å². The number of rotatable bonds is 8. The molecule has 0 heterocycles. The number of halogens is 3. The predicted octanol–water partition coefficient (Wildman–Crippen LogP) is 4.84. The summed E-state index contributed by atoms with van der Waals surface area (Å²) in [5, 5.41) is 0.577. The fraction of sp³-hybridized carbons (Fsp3) is 0.333. The first-order valence-corrected chi connectivity index (χ1v) is 7.69. The second-order valence-corrected chi connectivity index (χ2v) is 5.57. The molecule has 0 aliphatic rings. The molecule has 0 spiro atoms. The zero-order chi connectivity index (χ0) is 16.5. The molecule has 0 bridgehead atoms. The molecule has 0 aliphatic carbocycles. The van der Waals surface area contributed by atoms with E-state index >= 15 is 0 Å². The molecule has 0 unspecified atom stereocenters. The van der Waals surface area contributed by atoms with Crippen molar-refractivity contribution in [2.24, 2.45) is 0 Å². The topological polar surface area (TPSA) is 52.6 Å². The number of carbonyl (C=O) groups is 2. The molecule has 120 valence electrons. The van der Waals surface area contributed by atoms with E-state index in [4.69, 9.17) is 44.3 Å². The Morgan fingerprint density at radius 2 is 1.68 bits per heavy atom. The van der Waals surface area contributed by atoms with E-state index < -0.39 is 11.9 Å². The van der Waals surface area contributed by atoms with Crippen LogP contribution >= 0.6 is 34.8 Å². The summed E-state index contributed by atoms with van der Waals surface area (Å²) in [5.74, 6) is -1.07. The fourth-order valence-corrected chi connectivity index (χ4v) is 2.38. The highest BCUT2D eigenvalue weighted by atomic mass is 35.5. The lowest BCUT2D eigenvalue weighted by Crippen LogP contribution is -2.13. The van der Waals surface area contributed by atoms with Crippen molar-refractivity contribution >= 4 is 46.7 Å². The number of hydrogen-bond acceptors (Lipinski definition) is 4. The van der Waals surface area contributed by atoms with Gasteiger partial charge in [-0.3, -0.25) is 9.59 Å². The zero-order valence-corrected chi connectivity index (χ0v) is 14.0. The summed E-state index contributed by atoms with van der Waals surface area (Å²) in [7, 11) is 0. The molecular formula is C15H15Cl3O4. The highest BCUT2D eigenvalue weighted by molar-refractivity contribution is 6.40. The average Bonchev–Trinajstić information content (AvgIpc) is 2.45. The van der Waals surface area contributed by atoms with Gasteiger partial charge < -0.3 is 9.47 Å². The van der Waals surface area contributed by atoms with Crippen LogP contribution in [0.1, 0.15) is 25.7 Å². The first-order chi connectivity index (χ1) is 10.4. The van der Waals surface area contributed by atoms with Crippen molar-refractivity contribution in [1.29, 1.82) is 0 Å². The molecule has 4 nitrogen and oxygen atoms in total. The van der Waals surface area contributed by atoms with Crippen molar-refractivity contribution in [2.45, 2.75) is 25.7 Å². The quantitative estimate of drug-likeness (QED) is 0.286. The third-order valence-corrected chi connectivity index (χ3v) is 3.31. The van der Waals surface area contributed by atoms with Crippen molar-refractivity contribution in [1.82, 2.24) is 0 Å². The smallest absolute Gasteiger partial charge is 0.311 e. The Balaban J connectivity index is 2.41. The SMILES string of the molecule is C=CCCCOC(=O)CCC(=O)Oc1c(Cl)cc(Cl)cc1Cl. The maximum Gasteiger partial charge on any atom is 0.311 e. The van der Waals surface area contributed by atoms with Gasteiger partial charge in [0.05, 0.1) is 29.5 Å². The first kappa shape index (κ1) is 18.8. The van der Waals surface area contributed by atoms with Crippen molar-refractivity contribution in [3.05, 3.63) is 39.9 Å². The van der Waals surface area contributed by atoms with E-state index in [0.717, 1.165) is 6.42 Å². The maximum atomic E-state index is 11.7. The van der Waals surface area contributed by atoms with Crippen molar-refractivity contribution in [3.63, 3.8) is 0 Å². The van der Waals surface area contributed by atoms with Crippen molar-refractivity contribution in [2.75, 3.05) is 6.61 Å². The van der Waals surface area contributed by atoms with Gasteiger partial charge in [-0.1, -0.05) is 40.9 Å². The Morgan fingerprint density at radius 1 is 1.09 bits per heavy atom. The molecule has 0 radical (unpaired) electrons. The summed E-state index contributed by atoms with van der Waals surface area (Å²) in [6.07, 6.45) is 3.01. The molecular weight excluding hydrogens is 351 g/mol. The number of allylic oxidation sites excluding steroid dienone is 1. The van der Waals surface area contributed by atoms with Gasteiger partial charge in [-0.15, -0.1) is 6.58 Å². The number of esters is 2. The lowest BCUT2D eigenvalue weighted by atomic mass is 10.3. The van der Waals surface area contributed by atoms with Gasteiger partial charge >= 0.3 is 11.9 Å². The highest BCUT2D eigenvalue weighted by Crippen LogP contribution is 2.36.